The van der Waals surface area contributed by atoms with E-state index >= 15 is 0 Å². The molecule has 0 bridgehead atoms. The number of benzene rings is 2. The number of aromatic nitrogens is 1. The van der Waals surface area contributed by atoms with E-state index in [0.29, 0.717) is 6.07 Å². The maximum atomic E-state index is 14.7. The van der Waals surface area contributed by atoms with Crippen LogP contribution in [0.1, 0.15) is 30.0 Å². The summed E-state index contributed by atoms with van der Waals surface area (Å²) in [5.41, 5.74) is -0.184. The third kappa shape index (κ3) is 6.36. The Morgan fingerprint density at radius 2 is 1.82 bits per heavy atom. The van der Waals surface area contributed by atoms with Crippen LogP contribution in [-0.2, 0) is 14.4 Å². The molecular formula is C30H25ClF4N6O3. The topological polar surface area (TPSA) is 110 Å². The number of nitriles is 1. The molecule has 2 heterocycles. The van der Waals surface area contributed by atoms with Crippen molar-refractivity contribution in [3.63, 3.8) is 0 Å². The molecule has 2 atom stereocenters. The molecule has 1 aliphatic heterocycles. The molecule has 44 heavy (non-hydrogen) atoms. The number of likely N-dealkylation sites (N-methyl/N-ethyl adjacent to an activating group) is 1. The van der Waals surface area contributed by atoms with E-state index in [2.05, 4.69) is 10.3 Å². The van der Waals surface area contributed by atoms with Crippen molar-refractivity contribution in [1.82, 2.24) is 15.2 Å². The number of carbonyl (C=O) groups excluding carboxylic acids is 3. The molecule has 2 aliphatic rings. The second kappa shape index (κ2) is 12.2. The Morgan fingerprint density at radius 3 is 2.45 bits per heavy atom. The van der Waals surface area contributed by atoms with E-state index in [1.165, 1.54) is 36.5 Å². The van der Waals surface area contributed by atoms with E-state index in [1.807, 2.05) is 6.07 Å². The van der Waals surface area contributed by atoms with E-state index in [-0.39, 0.29) is 40.7 Å². The van der Waals surface area contributed by atoms with Crippen LogP contribution in [0.3, 0.4) is 0 Å². The van der Waals surface area contributed by atoms with Gasteiger partial charge in [-0.25, -0.2) is 22.5 Å². The van der Waals surface area contributed by atoms with Crippen LogP contribution in [0.25, 0.3) is 0 Å². The summed E-state index contributed by atoms with van der Waals surface area (Å²) in [6.45, 7) is -0.218. The fourth-order valence-corrected chi connectivity index (χ4v) is 5.64. The quantitative estimate of drug-likeness (QED) is 0.393. The SMILES string of the molecule is CN1CC(=O)N(c2cc(C#N)ccn2)C(C(=O)N(c2cc(F)cc(F)c2)[C@H](C(=O)NC2CC(F)(F)C2)c2ccccc2Cl)C1. The average molecular weight is 629 g/mol. The van der Waals surface area contributed by atoms with Crippen molar-refractivity contribution in [3.8, 4) is 6.07 Å². The lowest BCUT2D eigenvalue weighted by Crippen LogP contribution is -2.63. The van der Waals surface area contributed by atoms with Crippen molar-refractivity contribution < 1.29 is 31.9 Å². The number of amides is 3. The lowest BCUT2D eigenvalue weighted by Gasteiger charge is -2.42. The van der Waals surface area contributed by atoms with Gasteiger partial charge in [-0.1, -0.05) is 29.8 Å². The molecule has 1 aromatic heterocycles. The molecule has 1 aliphatic carbocycles. The number of rotatable bonds is 7. The van der Waals surface area contributed by atoms with Crippen molar-refractivity contribution in [2.45, 2.75) is 36.9 Å². The van der Waals surface area contributed by atoms with Crippen LogP contribution in [0.5, 0.6) is 0 Å². The number of alkyl halides is 2. The first-order valence-corrected chi connectivity index (χ1v) is 13.8. The first-order valence-electron chi connectivity index (χ1n) is 13.5. The Morgan fingerprint density at radius 1 is 1.14 bits per heavy atom. The zero-order valence-electron chi connectivity index (χ0n) is 23.2. The minimum atomic E-state index is -2.97. The van der Waals surface area contributed by atoms with Gasteiger partial charge in [0.2, 0.25) is 11.8 Å². The number of pyridine rings is 1. The summed E-state index contributed by atoms with van der Waals surface area (Å²) in [7, 11) is 1.58. The number of nitrogens with zero attached hydrogens (tertiary/aromatic N) is 5. The molecule has 5 rings (SSSR count). The van der Waals surface area contributed by atoms with Crippen molar-refractivity contribution in [2.75, 3.05) is 29.9 Å². The van der Waals surface area contributed by atoms with Gasteiger partial charge in [-0.15, -0.1) is 0 Å². The van der Waals surface area contributed by atoms with Gasteiger partial charge in [0.1, 0.15) is 29.5 Å². The summed E-state index contributed by atoms with van der Waals surface area (Å²) in [5.74, 6) is -7.57. The van der Waals surface area contributed by atoms with E-state index < -0.39 is 66.2 Å². The second-order valence-electron chi connectivity index (χ2n) is 10.7. The molecular weight excluding hydrogens is 604 g/mol. The monoisotopic (exact) mass is 628 g/mol. The summed E-state index contributed by atoms with van der Waals surface area (Å²) in [6, 6.07) is 8.82. The van der Waals surface area contributed by atoms with Crippen LogP contribution in [0, 0.1) is 23.0 Å². The van der Waals surface area contributed by atoms with E-state index in [1.54, 1.807) is 18.0 Å². The molecule has 1 N–H and O–H groups in total. The van der Waals surface area contributed by atoms with Crippen molar-refractivity contribution in [1.29, 1.82) is 5.26 Å². The van der Waals surface area contributed by atoms with Gasteiger partial charge in [0, 0.05) is 48.3 Å². The Labute approximate surface area is 254 Å². The molecule has 3 amide bonds. The Kier molecular flexibility index (Phi) is 8.58. The van der Waals surface area contributed by atoms with Crippen molar-refractivity contribution >= 4 is 40.8 Å². The molecule has 1 unspecified atom stereocenters. The lowest BCUT2D eigenvalue weighted by atomic mass is 9.87. The molecule has 1 saturated carbocycles. The van der Waals surface area contributed by atoms with Gasteiger partial charge in [-0.05, 0) is 37.4 Å². The molecule has 14 heteroatoms. The number of hydrogen-bond acceptors (Lipinski definition) is 6. The van der Waals surface area contributed by atoms with Crippen LogP contribution in [0.2, 0.25) is 5.02 Å². The van der Waals surface area contributed by atoms with Crippen LogP contribution in [0.4, 0.5) is 29.1 Å². The van der Waals surface area contributed by atoms with Crippen LogP contribution in [0.15, 0.2) is 60.8 Å². The van der Waals surface area contributed by atoms with E-state index in [4.69, 9.17) is 11.6 Å². The average Bonchev–Trinajstić information content (AvgIpc) is 2.94. The number of halogens is 5. The Bertz CT molecular complexity index is 1640. The summed E-state index contributed by atoms with van der Waals surface area (Å²) >= 11 is 6.48. The lowest BCUT2D eigenvalue weighted by molar-refractivity contribution is -0.133. The van der Waals surface area contributed by atoms with Crippen molar-refractivity contribution in [2.24, 2.45) is 0 Å². The number of anilines is 2. The van der Waals surface area contributed by atoms with Gasteiger partial charge in [0.25, 0.3) is 11.8 Å². The number of hydrogen-bond donors (Lipinski definition) is 1. The number of piperazine rings is 1. The van der Waals surface area contributed by atoms with Crippen LogP contribution < -0.4 is 15.1 Å². The standard InChI is InChI=1S/C30H25ClF4N6O3/c1-39-15-24(41(26(42)16-39)25-8-17(14-36)6-7-37-25)29(44)40(21-10-18(32)9-19(33)11-21)27(22-4-2-3-5-23(22)31)28(43)38-20-12-30(34,35)13-20/h2-11,20,24,27H,12-13,15-16H2,1H3,(H,38,43)/t24?,27-/m0/s1. The summed E-state index contributed by atoms with van der Waals surface area (Å²) in [5, 5.41) is 11.9. The molecule has 228 valence electrons. The Hall–Kier alpha value is -4.54. The minimum Gasteiger partial charge on any atom is -0.351 e. The van der Waals surface area contributed by atoms with Gasteiger partial charge in [-0.3, -0.25) is 29.1 Å². The third-order valence-electron chi connectivity index (χ3n) is 7.38. The molecule has 9 nitrogen and oxygen atoms in total. The van der Waals surface area contributed by atoms with Crippen LogP contribution in [-0.4, -0.2) is 65.7 Å². The predicted molar refractivity (Wildman–Crippen MR) is 152 cm³/mol. The van der Waals surface area contributed by atoms with E-state index in [0.717, 1.165) is 21.9 Å². The second-order valence-corrected chi connectivity index (χ2v) is 11.1. The first-order chi connectivity index (χ1) is 20.9. The highest BCUT2D eigenvalue weighted by Crippen LogP contribution is 2.39. The highest BCUT2D eigenvalue weighted by atomic mass is 35.5. The smallest absolute Gasteiger partial charge is 0.252 e. The van der Waals surface area contributed by atoms with Gasteiger partial charge in [0.05, 0.1) is 23.9 Å². The maximum absolute atomic E-state index is 14.7. The van der Waals surface area contributed by atoms with Gasteiger partial charge >= 0.3 is 0 Å². The molecule has 2 fully saturated rings. The molecule has 1 saturated heterocycles. The number of carbonyl (C=O) groups is 3. The molecule has 0 radical (unpaired) electrons. The van der Waals surface area contributed by atoms with Crippen LogP contribution >= 0.6 is 11.6 Å². The highest BCUT2D eigenvalue weighted by molar-refractivity contribution is 6.31. The van der Waals surface area contributed by atoms with Gasteiger partial charge in [-0.2, -0.15) is 5.26 Å². The fraction of sp³-hybridized carbons (Fsp3) is 0.300. The number of nitrogens with one attached hydrogen (secondary N) is 1. The Balaban J connectivity index is 1.66. The zero-order chi connectivity index (χ0) is 31.8. The summed E-state index contributed by atoms with van der Waals surface area (Å²) < 4.78 is 56.6. The van der Waals surface area contributed by atoms with E-state index in [9.17, 15) is 37.2 Å². The largest absolute Gasteiger partial charge is 0.351 e. The summed E-state index contributed by atoms with van der Waals surface area (Å²) in [6.07, 6.45) is 0.0232. The normalized spacial score (nSPS) is 19.1. The highest BCUT2D eigenvalue weighted by Gasteiger charge is 2.48. The predicted octanol–water partition coefficient (Wildman–Crippen LogP) is 4.22. The fourth-order valence-electron chi connectivity index (χ4n) is 5.40. The maximum Gasteiger partial charge on any atom is 0.252 e. The van der Waals surface area contributed by atoms with Gasteiger partial charge in [0.15, 0.2) is 0 Å². The molecule has 0 spiro atoms. The van der Waals surface area contributed by atoms with Crippen molar-refractivity contribution in [3.05, 3.63) is 88.6 Å². The molecule has 3 aromatic rings. The summed E-state index contributed by atoms with van der Waals surface area (Å²) in [4.78, 5) is 49.6. The molecule has 2 aromatic carbocycles. The first kappa shape index (κ1) is 30.9. The zero-order valence-corrected chi connectivity index (χ0v) is 23.9. The minimum absolute atomic E-state index is 0.0124. The van der Waals surface area contributed by atoms with Gasteiger partial charge < -0.3 is 5.32 Å². The third-order valence-corrected chi connectivity index (χ3v) is 7.73.